The average molecular weight is 456 g/mol. The molecule has 0 unspecified atom stereocenters. The summed E-state index contributed by atoms with van der Waals surface area (Å²) in [6.45, 7) is 0. The Morgan fingerprint density at radius 1 is 0.941 bits per heavy atom. The molecule has 1 aromatic heterocycles. The normalized spacial score (nSPS) is 13.3. The molecule has 1 fully saturated rings. The number of nitrogens with two attached hydrogens (primary N) is 1. The fourth-order valence-corrected chi connectivity index (χ4v) is 4.21. The molecule has 2 amide bonds. The molecule has 6 nitrogen and oxygen atoms in total. The summed E-state index contributed by atoms with van der Waals surface area (Å²) in [4.78, 5) is 29.4. The average Bonchev–Trinajstić information content (AvgIpc) is 3.54. The molecule has 3 aromatic carbocycles. The summed E-state index contributed by atoms with van der Waals surface area (Å²) in [5, 5.41) is 0. The van der Waals surface area contributed by atoms with E-state index in [9.17, 15) is 9.59 Å². The molecule has 0 atom stereocenters. The molecule has 4 aromatic rings. The van der Waals surface area contributed by atoms with Gasteiger partial charge in [0.25, 0.3) is 5.91 Å². The molecule has 0 spiro atoms. The lowest BCUT2D eigenvalue weighted by atomic mass is 10.1. The summed E-state index contributed by atoms with van der Waals surface area (Å²) in [6, 6.07) is 25.0. The van der Waals surface area contributed by atoms with E-state index < -0.39 is 0 Å². The number of primary amides is 1. The number of hydrogen-bond acceptors (Lipinski definition) is 4. The quantitative estimate of drug-likeness (QED) is 0.447. The predicted molar refractivity (Wildman–Crippen MR) is 133 cm³/mol. The highest BCUT2D eigenvalue weighted by molar-refractivity contribution is 5.94. The first kappa shape index (κ1) is 23.2. The lowest BCUT2D eigenvalue weighted by molar-refractivity contribution is -0.117. The first-order valence-corrected chi connectivity index (χ1v) is 11.6. The topological polar surface area (TPSA) is 89.4 Å². The molecule has 0 bridgehead atoms. The summed E-state index contributed by atoms with van der Waals surface area (Å²) in [5.74, 6) is 0.386. The minimum Gasteiger partial charge on any atom is -0.436 e. The molecule has 1 aliphatic rings. The zero-order valence-electron chi connectivity index (χ0n) is 19.3. The zero-order chi connectivity index (χ0) is 23.9. The van der Waals surface area contributed by atoms with Crippen LogP contribution in [0.3, 0.4) is 0 Å². The highest BCUT2D eigenvalue weighted by atomic mass is 16.3. The van der Waals surface area contributed by atoms with E-state index in [1.165, 1.54) is 12.8 Å². The predicted octanol–water partition coefficient (Wildman–Crippen LogP) is 5.22. The third kappa shape index (κ3) is 5.70. The Kier molecular flexibility index (Phi) is 7.38. The summed E-state index contributed by atoms with van der Waals surface area (Å²) in [7, 11) is 1.91. The lowest BCUT2D eigenvalue weighted by Gasteiger charge is -2.24. The van der Waals surface area contributed by atoms with Crippen LogP contribution in [0.1, 0.15) is 41.6 Å². The third-order valence-electron chi connectivity index (χ3n) is 6.09. The molecule has 34 heavy (non-hydrogen) atoms. The number of oxazole rings is 1. The van der Waals surface area contributed by atoms with Crippen molar-refractivity contribution in [3.63, 3.8) is 0 Å². The summed E-state index contributed by atoms with van der Waals surface area (Å²) in [6.07, 6.45) is 5.01. The highest BCUT2D eigenvalue weighted by Gasteiger charge is 2.24. The van der Waals surface area contributed by atoms with E-state index in [2.05, 4.69) is 4.98 Å². The van der Waals surface area contributed by atoms with Gasteiger partial charge in [-0.15, -0.1) is 0 Å². The summed E-state index contributed by atoms with van der Waals surface area (Å²) in [5.41, 5.74) is 9.16. The molecule has 0 aliphatic heterocycles. The van der Waals surface area contributed by atoms with Crippen LogP contribution in [0.25, 0.3) is 22.6 Å². The van der Waals surface area contributed by atoms with E-state index in [-0.39, 0.29) is 11.8 Å². The van der Waals surface area contributed by atoms with Crippen molar-refractivity contribution in [3.8, 4) is 11.5 Å². The second-order valence-corrected chi connectivity index (χ2v) is 8.55. The molecule has 1 heterocycles. The van der Waals surface area contributed by atoms with Crippen LogP contribution in [0.15, 0.2) is 83.3 Å². The van der Waals surface area contributed by atoms with Gasteiger partial charge < -0.3 is 15.1 Å². The summed E-state index contributed by atoms with van der Waals surface area (Å²) < 4.78 is 5.78. The Morgan fingerprint density at radius 2 is 1.59 bits per heavy atom. The zero-order valence-corrected chi connectivity index (χ0v) is 19.3. The number of hydrogen-bond donors (Lipinski definition) is 1. The smallest absolute Gasteiger partial charge is 0.253 e. The van der Waals surface area contributed by atoms with Crippen LogP contribution < -0.4 is 5.73 Å². The van der Waals surface area contributed by atoms with E-state index in [4.69, 9.17) is 10.2 Å². The fourth-order valence-electron chi connectivity index (χ4n) is 4.21. The van der Waals surface area contributed by atoms with E-state index in [1.54, 1.807) is 0 Å². The molecule has 1 saturated carbocycles. The largest absolute Gasteiger partial charge is 0.436 e. The van der Waals surface area contributed by atoms with E-state index in [0.717, 1.165) is 35.1 Å². The van der Waals surface area contributed by atoms with Gasteiger partial charge in [0.2, 0.25) is 11.8 Å². The van der Waals surface area contributed by atoms with E-state index in [0.29, 0.717) is 23.9 Å². The molecular weight excluding hydrogens is 426 g/mol. The monoisotopic (exact) mass is 455 g/mol. The first-order chi connectivity index (χ1) is 16.5. The van der Waals surface area contributed by atoms with Crippen LogP contribution in [-0.4, -0.2) is 34.8 Å². The van der Waals surface area contributed by atoms with Crippen LogP contribution in [0.4, 0.5) is 0 Å². The number of rotatable bonds is 5. The number of benzene rings is 3. The number of nitrogens with zero attached hydrogens (tertiary/aromatic N) is 2. The van der Waals surface area contributed by atoms with Crippen molar-refractivity contribution in [2.45, 2.75) is 38.1 Å². The van der Waals surface area contributed by atoms with Crippen LogP contribution >= 0.6 is 0 Å². The van der Waals surface area contributed by atoms with Gasteiger partial charge in [-0.25, -0.2) is 4.98 Å². The van der Waals surface area contributed by atoms with Gasteiger partial charge in [-0.05, 0) is 54.8 Å². The molecule has 0 radical (unpaired) electrons. The lowest BCUT2D eigenvalue weighted by Crippen LogP contribution is -2.35. The van der Waals surface area contributed by atoms with Crippen molar-refractivity contribution in [3.05, 3.63) is 90.0 Å². The van der Waals surface area contributed by atoms with Crippen LogP contribution in [0, 0.1) is 0 Å². The van der Waals surface area contributed by atoms with Gasteiger partial charge in [0.1, 0.15) is 5.52 Å². The van der Waals surface area contributed by atoms with Crippen molar-refractivity contribution in [2.24, 2.45) is 5.73 Å². The minimum absolute atomic E-state index is 0.0889. The molecule has 2 N–H and O–H groups in total. The maximum absolute atomic E-state index is 12.6. The van der Waals surface area contributed by atoms with Gasteiger partial charge in [-0.2, -0.15) is 0 Å². The van der Waals surface area contributed by atoms with Crippen molar-refractivity contribution in [1.82, 2.24) is 9.88 Å². The maximum atomic E-state index is 12.6. The molecule has 6 heteroatoms. The van der Waals surface area contributed by atoms with Crippen molar-refractivity contribution < 1.29 is 14.0 Å². The maximum Gasteiger partial charge on any atom is 0.253 e. The molecule has 1 aliphatic carbocycles. The Hall–Kier alpha value is -3.93. The standard InChI is InChI=1S/C20H20N2O2.C8H9NO/c1-22(16-6-2-3-7-16)20(23)15-12-10-14(11-13-15)19-21-17-8-4-5-9-18(17)24-19;9-8(10)6-7-4-2-1-3-5-7/h4-5,8-13,16H,2-3,6-7H2,1H3;1-5H,6H2,(H2,9,10). The minimum atomic E-state index is -0.286. The first-order valence-electron chi connectivity index (χ1n) is 11.6. The second-order valence-electron chi connectivity index (χ2n) is 8.55. The van der Waals surface area contributed by atoms with Gasteiger partial charge >= 0.3 is 0 Å². The number of fused-ring (bicyclic) bond motifs is 1. The molecular formula is C28H29N3O3. The Morgan fingerprint density at radius 3 is 2.24 bits per heavy atom. The van der Waals surface area contributed by atoms with Crippen LogP contribution in [0.5, 0.6) is 0 Å². The number of aromatic nitrogens is 1. The molecule has 0 saturated heterocycles. The van der Waals surface area contributed by atoms with Crippen LogP contribution in [-0.2, 0) is 11.2 Å². The van der Waals surface area contributed by atoms with E-state index in [1.807, 2.05) is 90.8 Å². The van der Waals surface area contributed by atoms with Gasteiger partial charge in [0.15, 0.2) is 5.58 Å². The van der Waals surface area contributed by atoms with Crippen molar-refractivity contribution in [2.75, 3.05) is 7.05 Å². The van der Waals surface area contributed by atoms with E-state index >= 15 is 0 Å². The second kappa shape index (κ2) is 10.8. The number of para-hydroxylation sites is 2. The van der Waals surface area contributed by atoms with Crippen molar-refractivity contribution >= 4 is 22.9 Å². The third-order valence-corrected chi connectivity index (χ3v) is 6.09. The summed E-state index contributed by atoms with van der Waals surface area (Å²) >= 11 is 0. The molecule has 5 rings (SSSR count). The van der Waals surface area contributed by atoms with Gasteiger partial charge in [-0.3, -0.25) is 9.59 Å². The Balaban J connectivity index is 0.000000231. The van der Waals surface area contributed by atoms with Gasteiger partial charge in [0.05, 0.1) is 6.42 Å². The van der Waals surface area contributed by atoms with Gasteiger partial charge in [-0.1, -0.05) is 55.3 Å². The Bertz CT molecular complexity index is 1210. The molecule has 174 valence electrons. The fraction of sp³-hybridized carbons (Fsp3) is 0.250. The number of carbonyl (C=O) groups excluding carboxylic acids is 2. The Labute approximate surface area is 199 Å². The van der Waals surface area contributed by atoms with Crippen LogP contribution in [0.2, 0.25) is 0 Å². The SMILES string of the molecule is CN(C(=O)c1ccc(-c2nc3ccccc3o2)cc1)C1CCCC1.NC(=O)Cc1ccccc1. The van der Waals surface area contributed by atoms with Crippen molar-refractivity contribution in [1.29, 1.82) is 0 Å². The van der Waals surface area contributed by atoms with Gasteiger partial charge in [0, 0.05) is 24.2 Å². The number of carbonyl (C=O) groups is 2. The number of amides is 2. The highest BCUT2D eigenvalue weighted by Crippen LogP contribution is 2.26.